The number of aromatic nitrogens is 3. The van der Waals surface area contributed by atoms with Gasteiger partial charge in [0.15, 0.2) is 11.5 Å². The second-order valence-electron chi connectivity index (χ2n) is 8.86. The molecular formula is C22H28N4O3. The fourth-order valence-electron chi connectivity index (χ4n) is 5.10. The lowest BCUT2D eigenvalue weighted by molar-refractivity contribution is -0.143. The summed E-state index contributed by atoms with van der Waals surface area (Å²) in [5, 5.41) is 8.39. The predicted octanol–water partition coefficient (Wildman–Crippen LogP) is 3.01. The molecule has 29 heavy (non-hydrogen) atoms. The van der Waals surface area contributed by atoms with Gasteiger partial charge in [0.2, 0.25) is 12.7 Å². The molecule has 5 rings (SSSR count). The Morgan fingerprint density at radius 3 is 2.90 bits per heavy atom. The molecule has 2 aromatic rings. The van der Waals surface area contributed by atoms with Gasteiger partial charge in [-0.05, 0) is 50.3 Å². The SMILES string of the molecule is Cn1nnc2c1CC(C(=O)N(Cc1ccc3c(c1)OCO3)C1(C)CCCC1)CC2. The topological polar surface area (TPSA) is 69.5 Å². The highest BCUT2D eigenvalue weighted by Gasteiger charge is 2.41. The van der Waals surface area contributed by atoms with Crippen LogP contribution in [0.25, 0.3) is 0 Å². The highest BCUT2D eigenvalue weighted by atomic mass is 16.7. The molecule has 1 amide bonds. The van der Waals surface area contributed by atoms with Gasteiger partial charge in [-0.3, -0.25) is 9.48 Å². The van der Waals surface area contributed by atoms with Gasteiger partial charge in [-0.15, -0.1) is 5.10 Å². The molecule has 1 fully saturated rings. The van der Waals surface area contributed by atoms with Crippen LogP contribution in [0.3, 0.4) is 0 Å². The minimum absolute atomic E-state index is 0.00821. The Hall–Kier alpha value is -2.57. The summed E-state index contributed by atoms with van der Waals surface area (Å²) < 4.78 is 12.8. The van der Waals surface area contributed by atoms with E-state index in [0.29, 0.717) is 6.54 Å². The Morgan fingerprint density at radius 1 is 1.28 bits per heavy atom. The molecule has 1 aromatic heterocycles. The quantitative estimate of drug-likeness (QED) is 0.795. The number of amides is 1. The third-order valence-electron chi connectivity index (χ3n) is 6.92. The number of carbonyl (C=O) groups is 1. The molecule has 1 saturated carbocycles. The van der Waals surface area contributed by atoms with E-state index in [1.54, 1.807) is 0 Å². The zero-order valence-electron chi connectivity index (χ0n) is 17.2. The number of rotatable bonds is 4. The average Bonchev–Trinajstić information content (AvgIpc) is 3.46. The fourth-order valence-corrected chi connectivity index (χ4v) is 5.10. The van der Waals surface area contributed by atoms with Crippen LogP contribution in [0.2, 0.25) is 0 Å². The summed E-state index contributed by atoms with van der Waals surface area (Å²) in [6.45, 7) is 3.13. The van der Waals surface area contributed by atoms with Crippen LogP contribution in [0.1, 0.15) is 56.0 Å². The lowest BCUT2D eigenvalue weighted by Crippen LogP contribution is -2.50. The molecule has 154 valence electrons. The number of ether oxygens (including phenoxy) is 2. The van der Waals surface area contributed by atoms with Crippen LogP contribution in [0.5, 0.6) is 11.5 Å². The number of fused-ring (bicyclic) bond motifs is 2. The predicted molar refractivity (Wildman–Crippen MR) is 107 cm³/mol. The van der Waals surface area contributed by atoms with Crippen molar-refractivity contribution in [3.05, 3.63) is 35.2 Å². The number of carbonyl (C=O) groups excluding carboxylic acids is 1. The van der Waals surface area contributed by atoms with Gasteiger partial charge in [-0.2, -0.15) is 0 Å². The van der Waals surface area contributed by atoms with E-state index in [0.717, 1.165) is 60.6 Å². The summed E-state index contributed by atoms with van der Waals surface area (Å²) in [6.07, 6.45) is 6.89. The van der Waals surface area contributed by atoms with Crippen molar-refractivity contribution in [3.63, 3.8) is 0 Å². The van der Waals surface area contributed by atoms with Crippen LogP contribution >= 0.6 is 0 Å². The van der Waals surface area contributed by atoms with E-state index in [1.807, 2.05) is 23.9 Å². The Morgan fingerprint density at radius 2 is 2.07 bits per heavy atom. The van der Waals surface area contributed by atoms with E-state index in [1.165, 1.54) is 12.8 Å². The first kappa shape index (κ1) is 18.5. The largest absolute Gasteiger partial charge is 0.454 e. The van der Waals surface area contributed by atoms with Gasteiger partial charge in [0, 0.05) is 31.5 Å². The van der Waals surface area contributed by atoms with E-state index in [2.05, 4.69) is 28.2 Å². The van der Waals surface area contributed by atoms with E-state index in [4.69, 9.17) is 9.47 Å². The van der Waals surface area contributed by atoms with Crippen molar-refractivity contribution in [1.82, 2.24) is 19.9 Å². The number of hydrogen-bond donors (Lipinski definition) is 0. The number of aryl methyl sites for hydroxylation is 2. The molecule has 0 spiro atoms. The summed E-state index contributed by atoms with van der Waals surface area (Å²) in [4.78, 5) is 15.9. The van der Waals surface area contributed by atoms with Gasteiger partial charge < -0.3 is 14.4 Å². The monoisotopic (exact) mass is 396 g/mol. The molecule has 0 bridgehead atoms. The molecule has 0 N–H and O–H groups in total. The second kappa shape index (κ2) is 7.04. The van der Waals surface area contributed by atoms with E-state index < -0.39 is 0 Å². The fraction of sp³-hybridized carbons (Fsp3) is 0.591. The van der Waals surface area contributed by atoms with Crippen molar-refractivity contribution in [2.24, 2.45) is 13.0 Å². The lowest BCUT2D eigenvalue weighted by atomic mass is 9.86. The summed E-state index contributed by atoms with van der Waals surface area (Å²) in [6, 6.07) is 6.02. The number of benzene rings is 1. The maximum Gasteiger partial charge on any atom is 0.231 e. The molecular weight excluding hydrogens is 368 g/mol. The molecule has 1 atom stereocenters. The standard InChI is InChI=1S/C22H28N4O3/c1-22(9-3-4-10-22)26(13-15-5-8-19-20(11-15)29-14-28-19)21(27)16-6-7-17-18(12-16)25(2)24-23-17/h5,8,11,16H,3-4,6-7,9-10,12-14H2,1-2H3. The third-order valence-corrected chi connectivity index (χ3v) is 6.92. The van der Waals surface area contributed by atoms with Gasteiger partial charge in [-0.1, -0.05) is 24.1 Å². The van der Waals surface area contributed by atoms with Crippen LogP contribution in [0.4, 0.5) is 0 Å². The number of hydrogen-bond acceptors (Lipinski definition) is 5. The molecule has 7 nitrogen and oxygen atoms in total. The molecule has 1 aromatic carbocycles. The van der Waals surface area contributed by atoms with Crippen LogP contribution in [0.15, 0.2) is 18.2 Å². The highest BCUT2D eigenvalue weighted by Crippen LogP contribution is 2.39. The molecule has 0 radical (unpaired) electrons. The van der Waals surface area contributed by atoms with Crippen molar-refractivity contribution in [2.45, 2.75) is 64.0 Å². The number of nitrogens with zero attached hydrogens (tertiary/aromatic N) is 4. The Labute approximate surface area is 171 Å². The normalized spacial score (nSPS) is 21.8. The smallest absolute Gasteiger partial charge is 0.231 e. The highest BCUT2D eigenvalue weighted by molar-refractivity contribution is 5.80. The molecule has 1 unspecified atom stereocenters. The van der Waals surface area contributed by atoms with E-state index >= 15 is 0 Å². The van der Waals surface area contributed by atoms with Crippen molar-refractivity contribution in [1.29, 1.82) is 0 Å². The first-order valence-corrected chi connectivity index (χ1v) is 10.6. The maximum atomic E-state index is 13.8. The zero-order chi connectivity index (χ0) is 20.0. The Bertz CT molecular complexity index is 932. The summed E-state index contributed by atoms with van der Waals surface area (Å²) in [7, 11) is 1.92. The van der Waals surface area contributed by atoms with Crippen LogP contribution in [0, 0.1) is 5.92 Å². The molecule has 2 heterocycles. The Balaban J connectivity index is 1.41. The lowest BCUT2D eigenvalue weighted by Gasteiger charge is -2.41. The van der Waals surface area contributed by atoms with Crippen molar-refractivity contribution in [2.75, 3.05) is 6.79 Å². The summed E-state index contributed by atoms with van der Waals surface area (Å²) in [5.41, 5.74) is 3.16. The van der Waals surface area contributed by atoms with Crippen molar-refractivity contribution in [3.8, 4) is 11.5 Å². The van der Waals surface area contributed by atoms with Crippen LogP contribution < -0.4 is 9.47 Å². The summed E-state index contributed by atoms with van der Waals surface area (Å²) >= 11 is 0. The van der Waals surface area contributed by atoms with Crippen molar-refractivity contribution >= 4 is 5.91 Å². The first-order valence-electron chi connectivity index (χ1n) is 10.6. The first-order chi connectivity index (χ1) is 14.0. The van der Waals surface area contributed by atoms with E-state index in [9.17, 15) is 4.79 Å². The average molecular weight is 396 g/mol. The molecule has 2 aliphatic carbocycles. The molecule has 7 heteroatoms. The van der Waals surface area contributed by atoms with Gasteiger partial charge in [-0.25, -0.2) is 0 Å². The zero-order valence-corrected chi connectivity index (χ0v) is 17.2. The molecule has 1 aliphatic heterocycles. The van der Waals surface area contributed by atoms with Gasteiger partial charge in [0.1, 0.15) is 0 Å². The summed E-state index contributed by atoms with van der Waals surface area (Å²) in [5.74, 6) is 1.81. The van der Waals surface area contributed by atoms with Crippen molar-refractivity contribution < 1.29 is 14.3 Å². The molecule has 0 saturated heterocycles. The van der Waals surface area contributed by atoms with Crippen LogP contribution in [-0.2, 0) is 31.2 Å². The van der Waals surface area contributed by atoms with Crippen LogP contribution in [-0.4, -0.2) is 38.1 Å². The second-order valence-corrected chi connectivity index (χ2v) is 8.86. The van der Waals surface area contributed by atoms with E-state index in [-0.39, 0.29) is 24.2 Å². The minimum Gasteiger partial charge on any atom is -0.454 e. The molecule has 3 aliphatic rings. The third kappa shape index (κ3) is 3.26. The minimum atomic E-state index is -0.0849. The van der Waals surface area contributed by atoms with Gasteiger partial charge in [0.05, 0.1) is 11.4 Å². The van der Waals surface area contributed by atoms with Gasteiger partial charge in [0.25, 0.3) is 0 Å². The maximum absolute atomic E-state index is 13.8. The van der Waals surface area contributed by atoms with Gasteiger partial charge >= 0.3 is 0 Å². The Kier molecular flexibility index (Phi) is 4.48.